The largest absolute Gasteiger partial charge is 0.463 e. The van der Waals surface area contributed by atoms with Gasteiger partial charge in [-0.1, -0.05) is 48.2 Å². The van der Waals surface area contributed by atoms with E-state index in [-0.39, 0.29) is 5.91 Å². The van der Waals surface area contributed by atoms with E-state index < -0.39 is 6.23 Å². The molecule has 5 rings (SSSR count). The number of anilines is 1. The number of nitrogens with zero attached hydrogens (tertiary/aromatic N) is 4. The number of hydrogen-bond donors (Lipinski definition) is 0. The molecule has 3 heterocycles. The van der Waals surface area contributed by atoms with Crippen molar-refractivity contribution in [2.75, 3.05) is 11.2 Å². The van der Waals surface area contributed by atoms with E-state index in [1.165, 1.54) is 11.8 Å². The number of benzene rings is 2. The van der Waals surface area contributed by atoms with E-state index in [4.69, 9.17) is 9.15 Å². The molecule has 1 aliphatic heterocycles. The fourth-order valence-electron chi connectivity index (χ4n) is 3.36. The number of carbonyl (C=O) groups excluding carboxylic acids is 1. The number of hydrogen-bond acceptors (Lipinski definition) is 7. The fraction of sp³-hybridized carbons (Fsp3) is 0.0909. The van der Waals surface area contributed by atoms with Crippen LogP contribution in [0.3, 0.4) is 0 Å². The number of aromatic nitrogens is 3. The van der Waals surface area contributed by atoms with E-state index in [0.717, 1.165) is 0 Å². The summed E-state index contributed by atoms with van der Waals surface area (Å²) in [5, 5.41) is 8.99. The second-order valence-corrected chi connectivity index (χ2v) is 7.27. The molecule has 4 aromatic rings. The SMILES string of the molecule is CSc1nnc2c(n1)O[C@H](c1ccco1)N(C(=O)c1ccccc1)c1ccccc1-2. The van der Waals surface area contributed by atoms with Gasteiger partial charge in [0, 0.05) is 11.1 Å². The molecule has 1 aliphatic rings. The lowest BCUT2D eigenvalue weighted by atomic mass is 10.1. The molecule has 30 heavy (non-hydrogen) atoms. The Hall–Kier alpha value is -3.65. The van der Waals surface area contributed by atoms with Crippen molar-refractivity contribution < 1.29 is 13.9 Å². The molecular formula is C22H16N4O3S. The van der Waals surface area contributed by atoms with E-state index in [9.17, 15) is 4.79 Å². The summed E-state index contributed by atoms with van der Waals surface area (Å²) in [4.78, 5) is 19.7. The Labute approximate surface area is 176 Å². The van der Waals surface area contributed by atoms with Crippen molar-refractivity contribution in [3.8, 4) is 17.1 Å². The molecule has 0 saturated heterocycles. The monoisotopic (exact) mass is 416 g/mol. The standard InChI is InChI=1S/C22H16N4O3S/c1-30-22-23-19-18(24-25-22)15-10-5-6-11-16(15)26(20(27)14-8-3-2-4-9-14)21(29-19)17-12-7-13-28-17/h2-13,21H,1H3/t21-/m1/s1. The summed E-state index contributed by atoms with van der Waals surface area (Å²) in [6.07, 6.45) is 2.55. The molecule has 0 saturated carbocycles. The predicted octanol–water partition coefficient (Wildman–Crippen LogP) is 4.59. The number of carbonyl (C=O) groups is 1. The summed E-state index contributed by atoms with van der Waals surface area (Å²) in [5.74, 6) is 0.549. The molecule has 1 atom stereocenters. The van der Waals surface area contributed by atoms with Gasteiger partial charge in [-0.05, 0) is 36.6 Å². The first kappa shape index (κ1) is 18.4. The number of rotatable bonds is 3. The van der Waals surface area contributed by atoms with Gasteiger partial charge in [-0.15, -0.1) is 10.2 Å². The number of furan rings is 1. The topological polar surface area (TPSA) is 81.3 Å². The minimum Gasteiger partial charge on any atom is -0.463 e. The Balaban J connectivity index is 1.75. The summed E-state index contributed by atoms with van der Waals surface area (Å²) >= 11 is 1.36. The van der Waals surface area contributed by atoms with Crippen molar-refractivity contribution in [1.82, 2.24) is 15.2 Å². The first-order valence-electron chi connectivity index (χ1n) is 9.23. The Morgan fingerprint density at radius 2 is 1.80 bits per heavy atom. The molecule has 1 amide bonds. The van der Waals surface area contributed by atoms with E-state index in [0.29, 0.717) is 39.3 Å². The molecule has 148 valence electrons. The first-order valence-corrected chi connectivity index (χ1v) is 10.5. The second kappa shape index (κ2) is 7.64. The fourth-order valence-corrected chi connectivity index (χ4v) is 3.65. The van der Waals surface area contributed by atoms with Crippen molar-refractivity contribution in [3.05, 3.63) is 84.3 Å². The van der Waals surface area contributed by atoms with Crippen LogP contribution in [0.1, 0.15) is 22.3 Å². The maximum absolute atomic E-state index is 13.6. The molecule has 0 aliphatic carbocycles. The number of para-hydroxylation sites is 1. The van der Waals surface area contributed by atoms with Gasteiger partial charge in [-0.25, -0.2) is 0 Å². The average Bonchev–Trinajstić information content (AvgIpc) is 3.29. The zero-order chi connectivity index (χ0) is 20.5. The highest BCUT2D eigenvalue weighted by Gasteiger charge is 2.37. The Morgan fingerprint density at radius 3 is 2.57 bits per heavy atom. The first-order chi connectivity index (χ1) is 14.8. The van der Waals surface area contributed by atoms with Crippen molar-refractivity contribution in [2.24, 2.45) is 0 Å². The highest BCUT2D eigenvalue weighted by molar-refractivity contribution is 7.98. The van der Waals surface area contributed by atoms with Crippen LogP contribution in [0.4, 0.5) is 5.69 Å². The van der Waals surface area contributed by atoms with E-state index in [1.54, 1.807) is 35.4 Å². The number of ether oxygens (including phenoxy) is 1. The molecule has 8 heteroatoms. The number of amides is 1. The third-order valence-electron chi connectivity index (χ3n) is 4.72. The van der Waals surface area contributed by atoms with Gasteiger partial charge in [-0.2, -0.15) is 4.98 Å². The van der Waals surface area contributed by atoms with Crippen LogP contribution in [0.15, 0.2) is 82.6 Å². The van der Waals surface area contributed by atoms with Gasteiger partial charge in [0.2, 0.25) is 17.3 Å². The predicted molar refractivity (Wildman–Crippen MR) is 112 cm³/mol. The van der Waals surface area contributed by atoms with Gasteiger partial charge in [0.1, 0.15) is 0 Å². The Kier molecular flexibility index (Phi) is 4.68. The molecular weight excluding hydrogens is 400 g/mol. The van der Waals surface area contributed by atoms with Crippen LogP contribution in [0.2, 0.25) is 0 Å². The normalized spacial score (nSPS) is 15.0. The zero-order valence-corrected chi connectivity index (χ0v) is 16.7. The van der Waals surface area contributed by atoms with Crippen LogP contribution in [-0.2, 0) is 0 Å². The summed E-state index contributed by atoms with van der Waals surface area (Å²) in [6.45, 7) is 0. The molecule has 0 unspecified atom stereocenters. The Bertz CT molecular complexity index is 1200. The highest BCUT2D eigenvalue weighted by Crippen LogP contribution is 2.43. The molecule has 7 nitrogen and oxygen atoms in total. The van der Waals surface area contributed by atoms with Crippen molar-refractivity contribution in [1.29, 1.82) is 0 Å². The van der Waals surface area contributed by atoms with Crippen molar-refractivity contribution in [2.45, 2.75) is 11.4 Å². The molecule has 2 aromatic heterocycles. The summed E-state index contributed by atoms with van der Waals surface area (Å²) in [6, 6.07) is 20.1. The maximum atomic E-state index is 13.6. The van der Waals surface area contributed by atoms with Gasteiger partial charge in [-0.3, -0.25) is 9.69 Å². The zero-order valence-electron chi connectivity index (χ0n) is 15.9. The highest BCUT2D eigenvalue weighted by atomic mass is 32.2. The van der Waals surface area contributed by atoms with Crippen LogP contribution >= 0.6 is 11.8 Å². The molecule has 0 fully saturated rings. The van der Waals surface area contributed by atoms with Crippen molar-refractivity contribution >= 4 is 23.4 Å². The van der Waals surface area contributed by atoms with Crippen LogP contribution in [0.25, 0.3) is 11.3 Å². The quantitative estimate of drug-likeness (QED) is 0.452. The van der Waals surface area contributed by atoms with Gasteiger partial charge in [0.15, 0.2) is 11.5 Å². The maximum Gasteiger partial charge on any atom is 0.261 e. The molecule has 0 bridgehead atoms. The lowest BCUT2D eigenvalue weighted by Crippen LogP contribution is -2.37. The van der Waals surface area contributed by atoms with Gasteiger partial charge in [0.05, 0.1) is 12.0 Å². The van der Waals surface area contributed by atoms with E-state index in [2.05, 4.69) is 15.2 Å². The van der Waals surface area contributed by atoms with Crippen LogP contribution in [-0.4, -0.2) is 27.3 Å². The van der Waals surface area contributed by atoms with Crippen LogP contribution < -0.4 is 9.64 Å². The average molecular weight is 416 g/mol. The minimum absolute atomic E-state index is 0.227. The summed E-state index contributed by atoms with van der Waals surface area (Å²) in [5.41, 5.74) is 2.35. The van der Waals surface area contributed by atoms with E-state index in [1.807, 2.05) is 48.7 Å². The molecule has 0 N–H and O–H groups in total. The third kappa shape index (κ3) is 3.11. The molecule has 2 aromatic carbocycles. The Morgan fingerprint density at radius 1 is 1.00 bits per heavy atom. The third-order valence-corrected chi connectivity index (χ3v) is 5.26. The minimum atomic E-state index is -0.860. The van der Waals surface area contributed by atoms with E-state index >= 15 is 0 Å². The van der Waals surface area contributed by atoms with Crippen molar-refractivity contribution in [3.63, 3.8) is 0 Å². The smallest absolute Gasteiger partial charge is 0.261 e. The number of thioether (sulfide) groups is 1. The van der Waals surface area contributed by atoms with Gasteiger partial charge < -0.3 is 9.15 Å². The second-order valence-electron chi connectivity index (χ2n) is 6.50. The summed E-state index contributed by atoms with van der Waals surface area (Å²) < 4.78 is 11.9. The number of fused-ring (bicyclic) bond motifs is 3. The van der Waals surface area contributed by atoms with Crippen LogP contribution in [0.5, 0.6) is 5.88 Å². The lowest BCUT2D eigenvalue weighted by Gasteiger charge is -2.29. The molecule has 0 radical (unpaired) electrons. The van der Waals surface area contributed by atoms with Gasteiger partial charge >= 0.3 is 0 Å². The molecule has 0 spiro atoms. The van der Waals surface area contributed by atoms with Gasteiger partial charge in [0.25, 0.3) is 5.91 Å². The lowest BCUT2D eigenvalue weighted by molar-refractivity contribution is 0.0885. The summed E-state index contributed by atoms with van der Waals surface area (Å²) in [7, 11) is 0. The van der Waals surface area contributed by atoms with Crippen LogP contribution in [0, 0.1) is 0 Å².